The van der Waals surface area contributed by atoms with E-state index in [-0.39, 0.29) is 0 Å². The van der Waals surface area contributed by atoms with Crippen LogP contribution in [-0.4, -0.2) is 0 Å². The van der Waals surface area contributed by atoms with Crippen molar-refractivity contribution >= 4 is 5.69 Å². The fourth-order valence-corrected chi connectivity index (χ4v) is 1.80. The Kier molecular flexibility index (Phi) is 3.72. The first-order valence-corrected chi connectivity index (χ1v) is 6.08. The van der Waals surface area contributed by atoms with E-state index >= 15 is 0 Å². The van der Waals surface area contributed by atoms with Gasteiger partial charge in [0.15, 0.2) is 0 Å². The minimum Gasteiger partial charge on any atom is -0.489 e. The van der Waals surface area contributed by atoms with Gasteiger partial charge >= 0.3 is 0 Å². The van der Waals surface area contributed by atoms with Crippen molar-refractivity contribution in [2.45, 2.75) is 20.5 Å². The number of hydrogen-bond acceptors (Lipinski definition) is 3. The van der Waals surface area contributed by atoms with E-state index in [0.29, 0.717) is 12.2 Å². The monoisotopic (exact) mass is 252 g/mol. The Morgan fingerprint density at radius 2 is 1.79 bits per heavy atom. The number of benzene rings is 2. The van der Waals surface area contributed by atoms with Gasteiger partial charge in [-0.2, -0.15) is 5.26 Å². The van der Waals surface area contributed by atoms with Gasteiger partial charge in [-0.1, -0.05) is 12.1 Å². The number of nitriles is 1. The van der Waals surface area contributed by atoms with Gasteiger partial charge in [-0.15, -0.1) is 0 Å². The number of rotatable bonds is 3. The zero-order valence-electron chi connectivity index (χ0n) is 11.1. The van der Waals surface area contributed by atoms with Crippen molar-refractivity contribution < 1.29 is 4.74 Å². The third-order valence-electron chi connectivity index (χ3n) is 3.04. The van der Waals surface area contributed by atoms with E-state index in [2.05, 4.69) is 6.07 Å². The van der Waals surface area contributed by atoms with E-state index in [1.807, 2.05) is 38.1 Å². The summed E-state index contributed by atoms with van der Waals surface area (Å²) in [6.07, 6.45) is 0. The van der Waals surface area contributed by atoms with Crippen molar-refractivity contribution in [3.8, 4) is 11.8 Å². The van der Waals surface area contributed by atoms with E-state index in [1.54, 1.807) is 12.1 Å². The summed E-state index contributed by atoms with van der Waals surface area (Å²) in [5.74, 6) is 0.844. The number of nitrogens with zero attached hydrogens (tertiary/aromatic N) is 1. The van der Waals surface area contributed by atoms with Crippen LogP contribution in [0.25, 0.3) is 0 Å². The maximum Gasteiger partial charge on any atom is 0.123 e. The molecule has 0 unspecified atom stereocenters. The van der Waals surface area contributed by atoms with Gasteiger partial charge in [0, 0.05) is 5.69 Å². The van der Waals surface area contributed by atoms with Crippen molar-refractivity contribution in [1.29, 1.82) is 5.26 Å². The Morgan fingerprint density at radius 1 is 1.11 bits per heavy atom. The summed E-state index contributed by atoms with van der Waals surface area (Å²) in [6, 6.07) is 13.4. The molecule has 2 aromatic rings. The molecule has 0 saturated heterocycles. The molecule has 19 heavy (non-hydrogen) atoms. The van der Waals surface area contributed by atoms with Gasteiger partial charge in [0.1, 0.15) is 12.4 Å². The standard InChI is InChI=1S/C16H16N2O/c1-11-8-16(12(2)7-15(11)18)19-10-14-5-3-13(9-17)4-6-14/h3-8H,10,18H2,1-2H3. The summed E-state index contributed by atoms with van der Waals surface area (Å²) in [4.78, 5) is 0. The van der Waals surface area contributed by atoms with Crippen LogP contribution >= 0.6 is 0 Å². The van der Waals surface area contributed by atoms with Gasteiger partial charge in [-0.3, -0.25) is 0 Å². The Hall–Kier alpha value is -2.47. The Morgan fingerprint density at radius 3 is 2.42 bits per heavy atom. The molecule has 0 aliphatic carbocycles. The maximum atomic E-state index is 8.74. The van der Waals surface area contributed by atoms with Crippen molar-refractivity contribution in [2.75, 3.05) is 5.73 Å². The smallest absolute Gasteiger partial charge is 0.123 e. The fraction of sp³-hybridized carbons (Fsp3) is 0.188. The Labute approximate surface area is 113 Å². The van der Waals surface area contributed by atoms with Crippen molar-refractivity contribution in [3.05, 3.63) is 58.7 Å². The molecular formula is C16H16N2O. The molecule has 0 aromatic heterocycles. The number of nitrogens with two attached hydrogens (primary N) is 1. The van der Waals surface area contributed by atoms with Crippen LogP contribution in [0.3, 0.4) is 0 Å². The molecule has 0 radical (unpaired) electrons. The first-order valence-electron chi connectivity index (χ1n) is 6.08. The molecule has 96 valence electrons. The lowest BCUT2D eigenvalue weighted by Crippen LogP contribution is -1.99. The molecule has 2 rings (SSSR count). The molecule has 0 heterocycles. The quantitative estimate of drug-likeness (QED) is 0.852. The van der Waals surface area contributed by atoms with Crippen molar-refractivity contribution in [1.82, 2.24) is 0 Å². The third kappa shape index (κ3) is 3.05. The molecule has 2 N–H and O–H groups in total. The van der Waals surface area contributed by atoms with Crippen LogP contribution in [0.1, 0.15) is 22.3 Å². The van der Waals surface area contributed by atoms with Crippen molar-refractivity contribution in [2.24, 2.45) is 0 Å². The van der Waals surface area contributed by atoms with Crippen LogP contribution in [0.5, 0.6) is 5.75 Å². The molecule has 0 atom stereocenters. The largest absolute Gasteiger partial charge is 0.489 e. The summed E-state index contributed by atoms with van der Waals surface area (Å²) in [5.41, 5.74) is 10.4. The molecule has 0 spiro atoms. The van der Waals surface area contributed by atoms with Crippen LogP contribution in [0.15, 0.2) is 36.4 Å². The van der Waals surface area contributed by atoms with Crippen LogP contribution in [0.4, 0.5) is 5.69 Å². The van der Waals surface area contributed by atoms with E-state index in [4.69, 9.17) is 15.7 Å². The number of hydrogen-bond donors (Lipinski definition) is 1. The molecular weight excluding hydrogens is 236 g/mol. The molecule has 0 amide bonds. The Balaban J connectivity index is 2.10. The molecule has 0 aliphatic rings. The minimum absolute atomic E-state index is 0.482. The lowest BCUT2D eigenvalue weighted by molar-refractivity contribution is 0.304. The van der Waals surface area contributed by atoms with Crippen LogP contribution in [0.2, 0.25) is 0 Å². The van der Waals surface area contributed by atoms with Crippen LogP contribution in [0, 0.1) is 25.2 Å². The van der Waals surface area contributed by atoms with E-state index in [9.17, 15) is 0 Å². The predicted octanol–water partition coefficient (Wildman–Crippen LogP) is 3.34. The zero-order chi connectivity index (χ0) is 13.8. The average Bonchev–Trinajstić information content (AvgIpc) is 2.42. The molecule has 0 aliphatic heterocycles. The normalized spacial score (nSPS) is 9.95. The van der Waals surface area contributed by atoms with Crippen LogP contribution < -0.4 is 10.5 Å². The van der Waals surface area contributed by atoms with E-state index < -0.39 is 0 Å². The molecule has 2 aromatic carbocycles. The SMILES string of the molecule is Cc1cc(OCc2ccc(C#N)cc2)c(C)cc1N. The highest BCUT2D eigenvalue weighted by Crippen LogP contribution is 2.25. The van der Waals surface area contributed by atoms with Gasteiger partial charge in [-0.25, -0.2) is 0 Å². The molecule has 0 bridgehead atoms. The highest BCUT2D eigenvalue weighted by atomic mass is 16.5. The first-order chi connectivity index (χ1) is 9.10. The van der Waals surface area contributed by atoms with E-state index in [0.717, 1.165) is 28.1 Å². The summed E-state index contributed by atoms with van der Waals surface area (Å²) >= 11 is 0. The minimum atomic E-state index is 0.482. The Bertz CT molecular complexity index is 624. The maximum absolute atomic E-state index is 8.74. The lowest BCUT2D eigenvalue weighted by atomic mass is 10.1. The zero-order valence-corrected chi connectivity index (χ0v) is 11.1. The fourth-order valence-electron chi connectivity index (χ4n) is 1.80. The van der Waals surface area contributed by atoms with E-state index in [1.165, 1.54) is 0 Å². The molecule has 3 nitrogen and oxygen atoms in total. The average molecular weight is 252 g/mol. The van der Waals surface area contributed by atoms with Gasteiger partial charge in [-0.05, 0) is 54.8 Å². The van der Waals surface area contributed by atoms with Crippen molar-refractivity contribution in [3.63, 3.8) is 0 Å². The summed E-state index contributed by atoms with van der Waals surface area (Å²) in [7, 11) is 0. The molecule has 3 heteroatoms. The number of ether oxygens (including phenoxy) is 1. The summed E-state index contributed by atoms with van der Waals surface area (Å²) < 4.78 is 5.79. The number of nitrogen functional groups attached to an aromatic ring is 1. The van der Waals surface area contributed by atoms with Gasteiger partial charge in [0.2, 0.25) is 0 Å². The van der Waals surface area contributed by atoms with Crippen LogP contribution in [-0.2, 0) is 6.61 Å². The summed E-state index contributed by atoms with van der Waals surface area (Å²) in [5, 5.41) is 8.74. The second-order valence-corrected chi connectivity index (χ2v) is 4.57. The predicted molar refractivity (Wildman–Crippen MR) is 75.8 cm³/mol. The number of aryl methyl sites for hydroxylation is 2. The van der Waals surface area contributed by atoms with Gasteiger partial charge in [0.05, 0.1) is 11.6 Å². The first kappa shape index (κ1) is 13.0. The summed E-state index contributed by atoms with van der Waals surface area (Å²) in [6.45, 7) is 4.42. The van der Waals surface area contributed by atoms with Gasteiger partial charge < -0.3 is 10.5 Å². The van der Waals surface area contributed by atoms with Gasteiger partial charge in [0.25, 0.3) is 0 Å². The second kappa shape index (κ2) is 5.45. The topological polar surface area (TPSA) is 59.0 Å². The third-order valence-corrected chi connectivity index (χ3v) is 3.04. The molecule has 0 saturated carbocycles. The number of anilines is 1. The highest BCUT2D eigenvalue weighted by molar-refractivity contribution is 5.53. The molecule has 0 fully saturated rings. The highest BCUT2D eigenvalue weighted by Gasteiger charge is 2.04. The second-order valence-electron chi connectivity index (χ2n) is 4.57. The lowest BCUT2D eigenvalue weighted by Gasteiger charge is -2.11.